The molecule has 0 bridgehead atoms. The van der Waals surface area contributed by atoms with Crippen LogP contribution in [-0.4, -0.2) is 15.3 Å². The minimum Gasteiger partial charge on any atom is -0.351 e. The van der Waals surface area contributed by atoms with E-state index in [4.69, 9.17) is 21.7 Å². The van der Waals surface area contributed by atoms with Gasteiger partial charge in [-0.25, -0.2) is 0 Å². The molecule has 1 atom stereocenters. The van der Waals surface area contributed by atoms with Crippen molar-refractivity contribution < 1.29 is 4.52 Å². The van der Waals surface area contributed by atoms with E-state index in [1.54, 1.807) is 0 Å². The van der Waals surface area contributed by atoms with Crippen LogP contribution < -0.4 is 10.2 Å². The minimum atomic E-state index is -0.208. The van der Waals surface area contributed by atoms with Crippen LogP contribution in [0.4, 0.5) is 5.69 Å². The molecule has 0 saturated carbocycles. The lowest BCUT2D eigenvalue weighted by Crippen LogP contribution is -2.46. The van der Waals surface area contributed by atoms with Crippen molar-refractivity contribution in [2.45, 2.75) is 46.6 Å². The number of aromatic nitrogens is 2. The van der Waals surface area contributed by atoms with Gasteiger partial charge in [0.25, 0.3) is 5.89 Å². The van der Waals surface area contributed by atoms with E-state index in [2.05, 4.69) is 104 Å². The van der Waals surface area contributed by atoms with Crippen molar-refractivity contribution in [3.8, 4) is 11.4 Å². The summed E-state index contributed by atoms with van der Waals surface area (Å²) in [5.74, 6) is 1.06. The predicted molar refractivity (Wildman–Crippen MR) is 150 cm³/mol. The maximum Gasteiger partial charge on any atom is 0.258 e. The van der Waals surface area contributed by atoms with Crippen LogP contribution in [-0.2, 0) is 12.8 Å². The zero-order valence-corrected chi connectivity index (χ0v) is 21.9. The molecule has 5 rings (SSSR count). The molecule has 5 nitrogen and oxygen atoms in total. The second kappa shape index (κ2) is 10.1. The first-order chi connectivity index (χ1) is 17.5. The lowest BCUT2D eigenvalue weighted by atomic mass is 9.93. The average Bonchev–Trinajstić information content (AvgIpc) is 3.39. The van der Waals surface area contributed by atoms with E-state index in [0.29, 0.717) is 16.8 Å². The van der Waals surface area contributed by atoms with Crippen molar-refractivity contribution in [2.24, 2.45) is 0 Å². The van der Waals surface area contributed by atoms with Gasteiger partial charge in [0, 0.05) is 16.9 Å². The lowest BCUT2D eigenvalue weighted by Gasteiger charge is -2.37. The van der Waals surface area contributed by atoms with Gasteiger partial charge >= 0.3 is 0 Å². The predicted octanol–water partition coefficient (Wildman–Crippen LogP) is 7.04. The Kier molecular flexibility index (Phi) is 6.70. The fourth-order valence-corrected chi connectivity index (χ4v) is 5.00. The quantitative estimate of drug-likeness (QED) is 0.290. The van der Waals surface area contributed by atoms with Crippen LogP contribution >= 0.6 is 12.2 Å². The molecule has 182 valence electrons. The molecule has 0 saturated heterocycles. The third kappa shape index (κ3) is 4.56. The van der Waals surface area contributed by atoms with Crippen LogP contribution in [0.25, 0.3) is 17.0 Å². The molecule has 1 unspecified atom stereocenters. The fourth-order valence-electron chi connectivity index (χ4n) is 4.64. The minimum absolute atomic E-state index is 0.208. The maximum absolute atomic E-state index is 5.89. The van der Waals surface area contributed by atoms with Gasteiger partial charge in [0.15, 0.2) is 5.11 Å². The summed E-state index contributed by atoms with van der Waals surface area (Å²) in [7, 11) is 0. The molecule has 1 aliphatic heterocycles. The van der Waals surface area contributed by atoms with Gasteiger partial charge in [-0.15, -0.1) is 0 Å². The highest BCUT2D eigenvalue weighted by Crippen LogP contribution is 2.39. The van der Waals surface area contributed by atoms with Gasteiger partial charge in [0.1, 0.15) is 0 Å². The second-order valence-corrected chi connectivity index (χ2v) is 9.51. The van der Waals surface area contributed by atoms with E-state index >= 15 is 0 Å². The van der Waals surface area contributed by atoms with E-state index in [1.165, 1.54) is 11.1 Å². The van der Waals surface area contributed by atoms with Gasteiger partial charge < -0.3 is 9.84 Å². The van der Waals surface area contributed by atoms with Crippen LogP contribution in [0.2, 0.25) is 0 Å². The van der Waals surface area contributed by atoms with Gasteiger partial charge in [0.05, 0.1) is 11.6 Å². The van der Waals surface area contributed by atoms with Crippen molar-refractivity contribution in [1.82, 2.24) is 15.5 Å². The third-order valence-corrected chi connectivity index (χ3v) is 7.04. The SMILES string of the molecule is CCc1ccc(C2NC(=S)N(c3ccc(CC)cc3)C(C)=C2c2nc(-c3cccc(C)c3)no2)cc1. The summed E-state index contributed by atoms with van der Waals surface area (Å²) >= 11 is 5.89. The first-order valence-electron chi connectivity index (χ1n) is 12.4. The Morgan fingerprint density at radius 1 is 0.917 bits per heavy atom. The molecule has 1 aromatic heterocycles. The summed E-state index contributed by atoms with van der Waals surface area (Å²) in [6.45, 7) is 8.44. The highest BCUT2D eigenvalue weighted by molar-refractivity contribution is 7.80. The lowest BCUT2D eigenvalue weighted by molar-refractivity contribution is 0.404. The molecule has 0 fully saturated rings. The van der Waals surface area contributed by atoms with E-state index in [-0.39, 0.29) is 6.04 Å². The van der Waals surface area contributed by atoms with E-state index in [0.717, 1.165) is 46.5 Å². The summed E-state index contributed by atoms with van der Waals surface area (Å²) in [4.78, 5) is 6.89. The molecule has 0 radical (unpaired) electrons. The number of allylic oxidation sites excluding steroid dienone is 1. The second-order valence-electron chi connectivity index (χ2n) is 9.12. The number of hydrogen-bond donors (Lipinski definition) is 1. The molecular formula is C30H30N4OS. The van der Waals surface area contributed by atoms with E-state index in [1.807, 2.05) is 12.1 Å². The number of anilines is 1. The topological polar surface area (TPSA) is 54.2 Å². The summed E-state index contributed by atoms with van der Waals surface area (Å²) in [5.41, 5.74) is 8.62. The van der Waals surface area contributed by atoms with Crippen LogP contribution in [0.3, 0.4) is 0 Å². The largest absolute Gasteiger partial charge is 0.351 e. The van der Waals surface area contributed by atoms with Gasteiger partial charge in [-0.2, -0.15) is 4.98 Å². The number of nitrogens with zero attached hydrogens (tertiary/aromatic N) is 3. The first kappa shape index (κ1) is 23.9. The Balaban J connectivity index is 1.63. The van der Waals surface area contributed by atoms with Gasteiger partial charge in [0.2, 0.25) is 5.82 Å². The molecule has 3 aromatic carbocycles. The van der Waals surface area contributed by atoms with Crippen molar-refractivity contribution in [3.63, 3.8) is 0 Å². The smallest absolute Gasteiger partial charge is 0.258 e. The van der Waals surface area contributed by atoms with Crippen molar-refractivity contribution in [2.75, 3.05) is 4.90 Å². The normalized spacial score (nSPS) is 15.8. The number of benzene rings is 3. The molecule has 2 heterocycles. The zero-order valence-electron chi connectivity index (χ0n) is 21.1. The monoisotopic (exact) mass is 494 g/mol. The number of aryl methyl sites for hydroxylation is 3. The summed E-state index contributed by atoms with van der Waals surface area (Å²) in [6.07, 6.45) is 1.98. The number of thiocarbonyl (C=S) groups is 1. The van der Waals surface area contributed by atoms with Gasteiger partial charge in [-0.1, -0.05) is 79.2 Å². The standard InChI is InChI=1S/C30H30N4OS/c1-5-21-10-14-23(15-11-21)27-26(29-32-28(33-35-29)24-9-7-8-19(3)18-24)20(4)34(30(36)31-27)25-16-12-22(6-2)13-17-25/h7-18,27H,5-6H2,1-4H3,(H,31,36). The summed E-state index contributed by atoms with van der Waals surface area (Å²) < 4.78 is 5.89. The number of rotatable bonds is 6. The van der Waals surface area contributed by atoms with E-state index < -0.39 is 0 Å². The van der Waals surface area contributed by atoms with Crippen molar-refractivity contribution >= 4 is 28.6 Å². The molecular weight excluding hydrogens is 464 g/mol. The molecule has 0 spiro atoms. The van der Waals surface area contributed by atoms with Crippen molar-refractivity contribution in [3.05, 3.63) is 107 Å². The van der Waals surface area contributed by atoms with Gasteiger partial charge in [-0.3, -0.25) is 4.90 Å². The Morgan fingerprint density at radius 2 is 1.58 bits per heavy atom. The Bertz CT molecular complexity index is 1420. The Labute approximate surface area is 217 Å². The Morgan fingerprint density at radius 3 is 2.22 bits per heavy atom. The zero-order chi connectivity index (χ0) is 25.2. The third-order valence-electron chi connectivity index (χ3n) is 6.74. The van der Waals surface area contributed by atoms with Crippen LogP contribution in [0, 0.1) is 6.92 Å². The highest BCUT2D eigenvalue weighted by Gasteiger charge is 2.34. The highest BCUT2D eigenvalue weighted by atomic mass is 32.1. The summed E-state index contributed by atoms with van der Waals surface area (Å²) in [5, 5.41) is 8.53. The molecule has 4 aromatic rings. The number of nitrogens with one attached hydrogen (secondary N) is 1. The molecule has 0 amide bonds. The van der Waals surface area contributed by atoms with Crippen molar-refractivity contribution in [1.29, 1.82) is 0 Å². The van der Waals surface area contributed by atoms with Crippen LogP contribution in [0.5, 0.6) is 0 Å². The first-order valence-corrected chi connectivity index (χ1v) is 12.8. The average molecular weight is 495 g/mol. The van der Waals surface area contributed by atoms with Crippen LogP contribution in [0.15, 0.2) is 83.0 Å². The summed E-state index contributed by atoms with van der Waals surface area (Å²) in [6, 6.07) is 25.0. The fraction of sp³-hybridized carbons (Fsp3) is 0.233. The molecule has 36 heavy (non-hydrogen) atoms. The molecule has 6 heteroatoms. The van der Waals surface area contributed by atoms with Crippen LogP contribution in [0.1, 0.15) is 55.0 Å². The molecule has 1 N–H and O–H groups in total. The molecule has 0 aliphatic carbocycles. The van der Waals surface area contributed by atoms with Gasteiger partial charge in [-0.05, 0) is 73.8 Å². The van der Waals surface area contributed by atoms with E-state index in [9.17, 15) is 0 Å². The number of hydrogen-bond acceptors (Lipinski definition) is 4. The maximum atomic E-state index is 5.89. The Hall–Kier alpha value is -3.77. The molecule has 1 aliphatic rings.